The monoisotopic (exact) mass is 170 g/mol. The molecule has 0 saturated carbocycles. The molecule has 0 aliphatic carbocycles. The molecule has 0 radical (unpaired) electrons. The Morgan fingerprint density at radius 1 is 1.58 bits per heavy atom. The number of carbonyl (C=O) groups is 2. The van der Waals surface area contributed by atoms with Crippen LogP contribution in [0.1, 0.15) is 6.92 Å². The van der Waals surface area contributed by atoms with E-state index in [4.69, 9.17) is 4.74 Å². The number of likely N-dealkylation sites (tertiary alicyclic amines) is 1. The van der Waals surface area contributed by atoms with Crippen LogP contribution in [0.2, 0.25) is 0 Å². The van der Waals surface area contributed by atoms with Crippen LogP contribution in [0.5, 0.6) is 0 Å². The second-order valence-electron chi connectivity index (χ2n) is 2.30. The number of β-lactam (4-membered cyclic amide) rings is 2. The number of ether oxygens (including phenoxy) is 1. The Balaban J connectivity index is 2.50. The second kappa shape index (κ2) is 3.34. The van der Waals surface area contributed by atoms with E-state index in [1.807, 2.05) is 0 Å². The number of amides is 2. The van der Waals surface area contributed by atoms with E-state index in [-0.39, 0.29) is 11.8 Å². The highest BCUT2D eigenvalue weighted by Crippen LogP contribution is 2.14. The van der Waals surface area contributed by atoms with Crippen molar-refractivity contribution in [1.82, 2.24) is 4.90 Å². The molecule has 0 N–H and O–H groups in total. The van der Waals surface area contributed by atoms with Gasteiger partial charge in [-0.15, -0.1) is 0 Å². The Bertz CT molecular complexity index is 221. The van der Waals surface area contributed by atoms with Crippen molar-refractivity contribution < 1.29 is 14.3 Å². The van der Waals surface area contributed by atoms with Crippen molar-refractivity contribution in [3.63, 3.8) is 0 Å². The van der Waals surface area contributed by atoms with E-state index in [0.29, 0.717) is 6.54 Å². The Hall–Kier alpha value is -1.39. The van der Waals surface area contributed by atoms with Gasteiger partial charge in [0.1, 0.15) is 0 Å². The van der Waals surface area contributed by atoms with Crippen LogP contribution in [0.4, 0.5) is 0 Å². The summed E-state index contributed by atoms with van der Waals surface area (Å²) in [7, 11) is 1.51. The molecule has 12 heavy (non-hydrogen) atoms. The molecule has 1 aliphatic heterocycles. The molecule has 0 atom stereocenters. The zero-order valence-corrected chi connectivity index (χ0v) is 6.98. The van der Waals surface area contributed by atoms with Crippen LogP contribution >= 0.6 is 0 Å². The lowest BCUT2D eigenvalue weighted by atomic mass is 10.1. The van der Waals surface area contributed by atoms with Crippen LogP contribution in [0, 0.1) is 0 Å². The normalized spacial score (nSPS) is 18.7. The molecule has 2 amide bonds. The van der Waals surface area contributed by atoms with Gasteiger partial charge in [0.2, 0.25) is 0 Å². The van der Waals surface area contributed by atoms with Crippen molar-refractivity contribution in [1.29, 1.82) is 0 Å². The highest BCUT2D eigenvalue weighted by molar-refractivity contribution is 6.20. The third-order valence-electron chi connectivity index (χ3n) is 1.60. The minimum absolute atomic E-state index is 0.289. The first-order chi connectivity index (χ1) is 5.72. The zero-order valence-electron chi connectivity index (χ0n) is 6.98. The molecule has 0 unspecified atom stereocenters. The van der Waals surface area contributed by atoms with E-state index in [9.17, 15) is 9.59 Å². The summed E-state index contributed by atoms with van der Waals surface area (Å²) < 4.78 is 4.75. The molecule has 66 valence electrons. The van der Waals surface area contributed by atoms with Gasteiger partial charge in [0.05, 0.1) is 0 Å². The fourth-order valence-electron chi connectivity index (χ4n) is 0.981. The van der Waals surface area contributed by atoms with Gasteiger partial charge < -0.3 is 4.74 Å². The summed E-state index contributed by atoms with van der Waals surface area (Å²) in [6, 6.07) is 0. The van der Waals surface area contributed by atoms with E-state index >= 15 is 0 Å². The van der Waals surface area contributed by atoms with Crippen molar-refractivity contribution in [2.45, 2.75) is 13.0 Å². The van der Waals surface area contributed by atoms with Crippen LogP contribution in [-0.4, -0.2) is 42.8 Å². The van der Waals surface area contributed by atoms with Crippen LogP contribution in [0.25, 0.3) is 0 Å². The number of nitrogens with zero attached hydrogens (tertiary/aromatic N) is 2. The molecule has 1 aliphatic rings. The average Bonchev–Trinajstić information content (AvgIpc) is 2.06. The van der Waals surface area contributed by atoms with Gasteiger partial charge in [0.15, 0.2) is 6.40 Å². The lowest BCUT2D eigenvalue weighted by Crippen LogP contribution is -2.62. The molecule has 1 saturated heterocycles. The predicted octanol–water partition coefficient (Wildman–Crippen LogP) is -0.582. The Morgan fingerprint density at radius 2 is 2.17 bits per heavy atom. The van der Waals surface area contributed by atoms with Crippen LogP contribution < -0.4 is 0 Å². The molecule has 1 rings (SSSR count). The summed E-state index contributed by atoms with van der Waals surface area (Å²) in [4.78, 5) is 26.7. The third kappa shape index (κ3) is 1.17. The predicted molar refractivity (Wildman–Crippen MR) is 41.7 cm³/mol. The van der Waals surface area contributed by atoms with Gasteiger partial charge in [-0.1, -0.05) is 0 Å². The summed E-state index contributed by atoms with van der Waals surface area (Å²) in [5.41, 5.74) is 0. The summed E-state index contributed by atoms with van der Waals surface area (Å²) in [6.45, 7) is 2.14. The topological polar surface area (TPSA) is 59.0 Å². The lowest BCUT2D eigenvalue weighted by Gasteiger charge is -2.33. The first-order valence-corrected chi connectivity index (χ1v) is 3.63. The summed E-state index contributed by atoms with van der Waals surface area (Å²) in [5, 5.41) is 0. The number of hydrogen-bond donors (Lipinski definition) is 0. The Labute approximate surface area is 70.0 Å². The summed E-state index contributed by atoms with van der Waals surface area (Å²) >= 11 is 0. The van der Waals surface area contributed by atoms with Crippen molar-refractivity contribution in [2.24, 2.45) is 4.99 Å². The molecule has 5 heteroatoms. The Morgan fingerprint density at radius 3 is 2.58 bits per heavy atom. The van der Waals surface area contributed by atoms with Crippen molar-refractivity contribution in [3.05, 3.63) is 0 Å². The SMILES string of the molecule is CCN1C(=O)C(OC=NC)C1=O. The van der Waals surface area contributed by atoms with E-state index in [0.717, 1.165) is 11.3 Å². The minimum atomic E-state index is -0.950. The van der Waals surface area contributed by atoms with Crippen LogP contribution in [0.15, 0.2) is 4.99 Å². The molecular formula is C7H10N2O3. The standard InChI is InChI=1S/C7H10N2O3/c1-3-9-6(10)5(7(9)11)12-4-8-2/h4-5H,3H2,1-2H3. The number of aliphatic imine (C=N–C) groups is 1. The minimum Gasteiger partial charge on any atom is -0.460 e. The maximum absolute atomic E-state index is 11.0. The van der Waals surface area contributed by atoms with Gasteiger partial charge in [-0.3, -0.25) is 19.5 Å². The van der Waals surface area contributed by atoms with Gasteiger partial charge in [-0.2, -0.15) is 0 Å². The number of hydrogen-bond acceptors (Lipinski definition) is 4. The summed E-state index contributed by atoms with van der Waals surface area (Å²) in [5.74, 6) is -0.579. The molecule has 1 heterocycles. The number of rotatable bonds is 3. The van der Waals surface area contributed by atoms with Gasteiger partial charge >= 0.3 is 0 Å². The van der Waals surface area contributed by atoms with Crippen molar-refractivity contribution in [3.8, 4) is 0 Å². The molecule has 1 fully saturated rings. The smallest absolute Gasteiger partial charge is 0.280 e. The number of imide groups is 1. The first-order valence-electron chi connectivity index (χ1n) is 3.63. The van der Waals surface area contributed by atoms with E-state index in [1.165, 1.54) is 7.05 Å². The lowest BCUT2D eigenvalue weighted by molar-refractivity contribution is -0.170. The Kier molecular flexibility index (Phi) is 2.42. The highest BCUT2D eigenvalue weighted by Gasteiger charge is 2.47. The number of carbonyl (C=O) groups excluding carboxylic acids is 2. The first kappa shape index (κ1) is 8.70. The third-order valence-corrected chi connectivity index (χ3v) is 1.60. The van der Waals surface area contributed by atoms with Crippen LogP contribution in [0.3, 0.4) is 0 Å². The molecule has 0 aromatic carbocycles. The molecular weight excluding hydrogens is 160 g/mol. The zero-order chi connectivity index (χ0) is 9.14. The maximum atomic E-state index is 11.0. The molecule has 0 aromatic heterocycles. The van der Waals surface area contributed by atoms with Gasteiger partial charge in [0.25, 0.3) is 17.9 Å². The molecule has 0 aromatic rings. The van der Waals surface area contributed by atoms with Crippen LogP contribution in [-0.2, 0) is 14.3 Å². The summed E-state index contributed by atoms with van der Waals surface area (Å²) in [6.07, 6.45) is 0.154. The van der Waals surface area contributed by atoms with E-state index in [1.54, 1.807) is 6.92 Å². The highest BCUT2D eigenvalue weighted by atomic mass is 16.5. The largest absolute Gasteiger partial charge is 0.460 e. The quantitative estimate of drug-likeness (QED) is 0.246. The second-order valence-corrected chi connectivity index (χ2v) is 2.30. The fraction of sp³-hybridized carbons (Fsp3) is 0.571. The van der Waals surface area contributed by atoms with Crippen molar-refractivity contribution >= 4 is 18.2 Å². The maximum Gasteiger partial charge on any atom is 0.280 e. The van der Waals surface area contributed by atoms with Gasteiger partial charge in [0, 0.05) is 13.6 Å². The molecule has 0 bridgehead atoms. The molecule has 5 nitrogen and oxygen atoms in total. The van der Waals surface area contributed by atoms with E-state index in [2.05, 4.69) is 4.99 Å². The van der Waals surface area contributed by atoms with E-state index < -0.39 is 6.10 Å². The van der Waals surface area contributed by atoms with Gasteiger partial charge in [-0.25, -0.2) is 0 Å². The average molecular weight is 170 g/mol. The molecule has 0 spiro atoms. The fourth-order valence-corrected chi connectivity index (χ4v) is 0.981. The number of likely N-dealkylation sites (N-methyl/N-ethyl adjacent to an activating group) is 1. The van der Waals surface area contributed by atoms with Crippen molar-refractivity contribution in [2.75, 3.05) is 13.6 Å². The van der Waals surface area contributed by atoms with Gasteiger partial charge in [-0.05, 0) is 6.92 Å².